The van der Waals surface area contributed by atoms with Gasteiger partial charge < -0.3 is 10.0 Å². The molecule has 43 heavy (non-hydrogen) atoms. The minimum atomic E-state index is -3.30. The largest absolute Gasteiger partial charge is 0.476 e. The molecule has 228 valence electrons. The monoisotopic (exact) mass is 631 g/mol. The Labute approximate surface area is 251 Å². The van der Waals surface area contributed by atoms with Crippen molar-refractivity contribution < 1.29 is 27.3 Å². The highest BCUT2D eigenvalue weighted by atomic mass is 32.3. The van der Waals surface area contributed by atoms with E-state index in [2.05, 4.69) is 4.98 Å². The molecule has 3 heterocycles. The molecule has 4 aromatic rings. The van der Waals surface area contributed by atoms with Gasteiger partial charge in [-0.1, -0.05) is 18.2 Å². The van der Waals surface area contributed by atoms with Crippen molar-refractivity contribution >= 4 is 33.1 Å². The van der Waals surface area contributed by atoms with Crippen LogP contribution in [0.15, 0.2) is 52.7 Å². The molecule has 1 aliphatic carbocycles. The molecular formula is C30H32F3N5O3S2. The van der Waals surface area contributed by atoms with Gasteiger partial charge in [-0.15, -0.1) is 11.3 Å². The number of piperidine rings is 1. The second kappa shape index (κ2) is 11.2. The second-order valence-corrected chi connectivity index (χ2v) is 14.8. The van der Waals surface area contributed by atoms with Gasteiger partial charge in [-0.3, -0.25) is 9.35 Å². The number of thiol groups is 1. The number of aromatic nitrogens is 3. The van der Waals surface area contributed by atoms with Gasteiger partial charge >= 0.3 is 5.97 Å². The fourth-order valence-electron chi connectivity index (χ4n) is 5.49. The van der Waals surface area contributed by atoms with Crippen LogP contribution >= 0.6 is 11.3 Å². The first-order chi connectivity index (χ1) is 20.4. The van der Waals surface area contributed by atoms with E-state index >= 15 is 4.39 Å². The summed E-state index contributed by atoms with van der Waals surface area (Å²) in [6.45, 7) is 0.464. The van der Waals surface area contributed by atoms with E-state index in [1.54, 1.807) is 10.7 Å². The molecule has 0 bridgehead atoms. The molecule has 0 unspecified atom stereocenters. The number of halogens is 3. The minimum absolute atomic E-state index is 0.0193. The van der Waals surface area contributed by atoms with Gasteiger partial charge in [0.1, 0.15) is 5.82 Å². The smallest absolute Gasteiger partial charge is 0.355 e. The van der Waals surface area contributed by atoms with Crippen molar-refractivity contribution in [2.24, 2.45) is 11.1 Å². The minimum Gasteiger partial charge on any atom is -0.476 e. The van der Waals surface area contributed by atoms with Crippen molar-refractivity contribution in [2.75, 3.05) is 24.2 Å². The lowest BCUT2D eigenvalue weighted by molar-refractivity contribution is -0.0220. The summed E-state index contributed by atoms with van der Waals surface area (Å²) in [5.41, 5.74) is 4.42. The third-order valence-corrected chi connectivity index (χ3v) is 10.1. The van der Waals surface area contributed by atoms with Crippen molar-refractivity contribution in [3.63, 3.8) is 0 Å². The quantitative estimate of drug-likeness (QED) is 0.211. The summed E-state index contributed by atoms with van der Waals surface area (Å²) in [6, 6.07) is 12.1. The molecule has 8 nitrogen and oxygen atoms in total. The number of carboxylic acids is 1. The lowest BCUT2D eigenvalue weighted by Gasteiger charge is -2.33. The van der Waals surface area contributed by atoms with Crippen LogP contribution in [-0.2, 0) is 23.0 Å². The number of nitrogens with two attached hydrogens (primary N) is 1. The molecular weight excluding hydrogens is 599 g/mol. The molecule has 2 aliphatic rings. The zero-order chi connectivity index (χ0) is 30.5. The molecule has 0 amide bonds. The Morgan fingerprint density at radius 3 is 2.56 bits per heavy atom. The zero-order valence-corrected chi connectivity index (χ0v) is 25.2. The molecule has 2 aromatic carbocycles. The van der Waals surface area contributed by atoms with Gasteiger partial charge in [-0.05, 0) is 65.1 Å². The molecule has 2 aromatic heterocycles. The maximum Gasteiger partial charge on any atom is 0.355 e. The van der Waals surface area contributed by atoms with E-state index in [0.29, 0.717) is 35.1 Å². The summed E-state index contributed by atoms with van der Waals surface area (Å²) >= 11 is 1.17. The van der Waals surface area contributed by atoms with Crippen LogP contribution in [0.3, 0.4) is 0 Å². The molecule has 1 saturated carbocycles. The Morgan fingerprint density at radius 2 is 1.93 bits per heavy atom. The Morgan fingerprint density at radius 1 is 1.19 bits per heavy atom. The number of aromatic carboxylic acids is 1. The summed E-state index contributed by atoms with van der Waals surface area (Å²) in [7, 11) is -3.30. The van der Waals surface area contributed by atoms with E-state index in [0.717, 1.165) is 35.3 Å². The van der Waals surface area contributed by atoms with Gasteiger partial charge in [-0.25, -0.2) is 27.6 Å². The van der Waals surface area contributed by atoms with Gasteiger partial charge in [0.05, 0.1) is 16.3 Å². The zero-order valence-electron chi connectivity index (χ0n) is 23.5. The number of carboxylic acid groups (broad SMARTS) is 1. The number of rotatable bonds is 9. The number of nitrogens with zero attached hydrogens (tertiary/aromatic N) is 4. The van der Waals surface area contributed by atoms with E-state index in [9.17, 15) is 22.9 Å². The molecule has 0 atom stereocenters. The average Bonchev–Trinajstić information content (AvgIpc) is 3.50. The van der Waals surface area contributed by atoms with E-state index < -0.39 is 27.8 Å². The van der Waals surface area contributed by atoms with Gasteiger partial charge in [0.2, 0.25) is 5.13 Å². The predicted molar refractivity (Wildman–Crippen MR) is 162 cm³/mol. The summed E-state index contributed by atoms with van der Waals surface area (Å²) < 4.78 is 56.8. The first kappa shape index (κ1) is 29.5. The van der Waals surface area contributed by atoms with Crippen molar-refractivity contribution in [2.45, 2.75) is 49.3 Å². The number of thiazole rings is 1. The first-order valence-electron chi connectivity index (χ1n) is 14.1. The molecule has 0 spiro atoms. The van der Waals surface area contributed by atoms with Crippen molar-refractivity contribution in [3.05, 3.63) is 76.2 Å². The summed E-state index contributed by atoms with van der Waals surface area (Å²) in [6.07, 6.45) is 3.97. The SMILES string of the molecule is C[SH](N)(=O)c1ccc(Cc2c(-c3cccc(N4CCC(F)(F)CC4)c3)nn(-c3nc(C(=O)O)cs3)c2CC2CC2)cc1F. The Bertz CT molecular complexity index is 1730. The molecule has 13 heteroatoms. The van der Waals surface area contributed by atoms with Gasteiger partial charge in [0.25, 0.3) is 5.92 Å². The summed E-state index contributed by atoms with van der Waals surface area (Å²) in [5.74, 6) is -4.01. The van der Waals surface area contributed by atoms with E-state index in [1.807, 2.05) is 29.2 Å². The van der Waals surface area contributed by atoms with Crippen molar-refractivity contribution in [1.82, 2.24) is 14.8 Å². The number of carbonyl (C=O) groups is 1. The van der Waals surface area contributed by atoms with Crippen LogP contribution in [0.25, 0.3) is 16.4 Å². The highest BCUT2D eigenvalue weighted by Gasteiger charge is 2.34. The predicted octanol–water partition coefficient (Wildman–Crippen LogP) is 5.49. The lowest BCUT2D eigenvalue weighted by Crippen LogP contribution is -2.39. The normalized spacial score (nSPS) is 17.3. The summed E-state index contributed by atoms with van der Waals surface area (Å²) in [5, 5.41) is 22.1. The number of anilines is 1. The van der Waals surface area contributed by atoms with Crippen molar-refractivity contribution in [3.8, 4) is 16.4 Å². The van der Waals surface area contributed by atoms with Crippen LogP contribution in [0, 0.1) is 11.7 Å². The van der Waals surface area contributed by atoms with Crippen LogP contribution in [0.4, 0.5) is 18.9 Å². The standard InChI is InChI=1S/C30H32F3N5O3S2/c1-43(34,41)26-8-7-19(14-23(26)31)13-22-25(15-18-5-6-18)38(29-35-24(17-42-29)28(39)40)36-27(22)20-3-2-4-21(16-20)37-11-9-30(32,33)10-12-37/h2-4,7-8,14,16-18,43H,5-6,9-13,15H2,1H3,(H2,34,41)(H,39,40). The average molecular weight is 632 g/mol. The number of hydrogen-bond acceptors (Lipinski definition) is 6. The maximum absolute atomic E-state index is 15.1. The third-order valence-electron chi connectivity index (χ3n) is 8.01. The topological polar surface area (TPSA) is 114 Å². The van der Waals surface area contributed by atoms with Crippen LogP contribution in [0.2, 0.25) is 0 Å². The Hall–Kier alpha value is -3.55. The van der Waals surface area contributed by atoms with Gasteiger partial charge in [0, 0.05) is 60.8 Å². The lowest BCUT2D eigenvalue weighted by atomic mass is 9.96. The highest BCUT2D eigenvalue weighted by Crippen LogP contribution is 2.39. The molecule has 0 radical (unpaired) electrons. The number of benzene rings is 2. The first-order valence-corrected chi connectivity index (χ1v) is 17.2. The maximum atomic E-state index is 15.1. The number of hydrogen-bond donors (Lipinski definition) is 3. The van der Waals surface area contributed by atoms with Crippen molar-refractivity contribution in [1.29, 1.82) is 0 Å². The molecule has 2 fully saturated rings. The Balaban J connectivity index is 1.47. The molecule has 6 rings (SSSR count). The highest BCUT2D eigenvalue weighted by molar-refractivity contribution is 8.00. The van der Waals surface area contributed by atoms with Crippen LogP contribution in [-0.4, -0.2) is 55.3 Å². The fraction of sp³-hybridized carbons (Fsp3) is 0.367. The third kappa shape index (κ3) is 6.38. The van der Waals surface area contributed by atoms with Crippen LogP contribution in [0.5, 0.6) is 0 Å². The van der Waals surface area contributed by atoms with Gasteiger partial charge in [0.15, 0.2) is 5.69 Å². The fourth-order valence-corrected chi connectivity index (χ4v) is 7.12. The van der Waals surface area contributed by atoms with E-state index in [4.69, 9.17) is 10.2 Å². The van der Waals surface area contributed by atoms with Gasteiger partial charge in [-0.2, -0.15) is 5.10 Å². The Kier molecular flexibility index (Phi) is 7.68. The van der Waals surface area contributed by atoms with Crippen LogP contribution in [0.1, 0.15) is 53.0 Å². The molecule has 3 N–H and O–H groups in total. The second-order valence-electron chi connectivity index (χ2n) is 11.5. The molecule has 1 aliphatic heterocycles. The molecule has 1 saturated heterocycles. The number of alkyl halides is 2. The summed E-state index contributed by atoms with van der Waals surface area (Å²) in [4.78, 5) is 17.8. The van der Waals surface area contributed by atoms with E-state index in [1.165, 1.54) is 35.1 Å². The van der Waals surface area contributed by atoms with E-state index in [-0.39, 0.29) is 36.5 Å². The van der Waals surface area contributed by atoms with Crippen LogP contribution < -0.4 is 10.0 Å².